The number of alkyl halides is 3. The second-order valence-corrected chi connectivity index (χ2v) is 10.5. The number of nitrogens with zero attached hydrogens (tertiary/aromatic N) is 1. The lowest BCUT2D eigenvalue weighted by atomic mass is 10.1. The van der Waals surface area contributed by atoms with Crippen molar-refractivity contribution in [3.8, 4) is 0 Å². The lowest BCUT2D eigenvalue weighted by molar-refractivity contribution is -0.137. The van der Waals surface area contributed by atoms with Gasteiger partial charge in [0.25, 0.3) is 15.9 Å². The Kier molecular flexibility index (Phi) is 8.08. The molecule has 4 rings (SSSR count). The largest absolute Gasteiger partial charge is 0.417 e. The SMILES string of the molecule is O=C(Nc1ccc(S(=O)(=O)Nc2ccc(Cl)c(C(F)(F)F)c2)cc1)c1ccc(CN2CCOCC2)cc1. The van der Waals surface area contributed by atoms with Crippen LogP contribution < -0.4 is 10.0 Å². The standard InChI is InChI=1S/C25H23ClF3N3O4S/c26-23-10-7-20(15-22(23)25(27,28)29)31-37(34,35)21-8-5-19(6-9-21)30-24(33)18-3-1-17(2-4-18)16-32-11-13-36-14-12-32/h1-10,15,31H,11-14,16H2,(H,30,33). The van der Waals surface area contributed by atoms with Gasteiger partial charge in [0.15, 0.2) is 0 Å². The van der Waals surface area contributed by atoms with E-state index in [0.717, 1.165) is 37.3 Å². The molecule has 3 aromatic carbocycles. The van der Waals surface area contributed by atoms with E-state index in [0.29, 0.717) is 30.5 Å². The van der Waals surface area contributed by atoms with E-state index in [1.807, 2.05) is 12.1 Å². The first-order chi connectivity index (χ1) is 17.5. The number of morpholine rings is 1. The molecule has 0 saturated carbocycles. The van der Waals surface area contributed by atoms with Gasteiger partial charge in [-0.25, -0.2) is 8.42 Å². The molecule has 0 unspecified atom stereocenters. The van der Waals surface area contributed by atoms with Crippen molar-refractivity contribution in [1.29, 1.82) is 0 Å². The van der Waals surface area contributed by atoms with E-state index in [1.54, 1.807) is 12.1 Å². The van der Waals surface area contributed by atoms with E-state index in [1.165, 1.54) is 24.3 Å². The predicted molar refractivity (Wildman–Crippen MR) is 134 cm³/mol. The molecule has 3 aromatic rings. The van der Waals surface area contributed by atoms with Crippen molar-refractivity contribution in [2.75, 3.05) is 36.3 Å². The van der Waals surface area contributed by atoms with Gasteiger partial charge in [-0.1, -0.05) is 23.7 Å². The number of carbonyl (C=O) groups excluding carboxylic acids is 1. The first-order valence-electron chi connectivity index (χ1n) is 11.2. The number of hydrogen-bond donors (Lipinski definition) is 2. The van der Waals surface area contributed by atoms with Crippen LogP contribution in [0.3, 0.4) is 0 Å². The van der Waals surface area contributed by atoms with Crippen LogP contribution in [0.4, 0.5) is 24.5 Å². The Morgan fingerprint density at radius 2 is 1.57 bits per heavy atom. The summed E-state index contributed by atoms with van der Waals surface area (Å²) >= 11 is 5.58. The molecule has 2 N–H and O–H groups in total. The molecule has 196 valence electrons. The zero-order valence-electron chi connectivity index (χ0n) is 19.4. The maximum atomic E-state index is 13.1. The maximum absolute atomic E-state index is 13.1. The van der Waals surface area contributed by atoms with E-state index in [4.69, 9.17) is 16.3 Å². The van der Waals surface area contributed by atoms with Gasteiger partial charge in [0, 0.05) is 36.6 Å². The minimum absolute atomic E-state index is 0.193. The van der Waals surface area contributed by atoms with Crippen LogP contribution in [0.15, 0.2) is 71.6 Å². The summed E-state index contributed by atoms with van der Waals surface area (Å²) in [6.07, 6.45) is -4.73. The van der Waals surface area contributed by atoms with Crippen molar-refractivity contribution < 1.29 is 31.1 Å². The highest BCUT2D eigenvalue weighted by Gasteiger charge is 2.33. The van der Waals surface area contributed by atoms with Gasteiger partial charge in [-0.05, 0) is 60.2 Å². The first-order valence-corrected chi connectivity index (χ1v) is 13.1. The van der Waals surface area contributed by atoms with Crippen LogP contribution in [0.2, 0.25) is 5.02 Å². The average molecular weight is 554 g/mol. The Labute approximate surface area is 217 Å². The van der Waals surface area contributed by atoms with Crippen LogP contribution in [0.25, 0.3) is 0 Å². The lowest BCUT2D eigenvalue weighted by Crippen LogP contribution is -2.35. The Morgan fingerprint density at radius 1 is 0.946 bits per heavy atom. The molecule has 1 amide bonds. The van der Waals surface area contributed by atoms with Crippen molar-refractivity contribution in [2.45, 2.75) is 17.6 Å². The van der Waals surface area contributed by atoms with Gasteiger partial charge in [-0.3, -0.25) is 14.4 Å². The smallest absolute Gasteiger partial charge is 0.379 e. The molecular weight excluding hydrogens is 531 g/mol. The summed E-state index contributed by atoms with van der Waals surface area (Å²) in [4.78, 5) is 14.7. The van der Waals surface area contributed by atoms with Crippen LogP contribution in [0.1, 0.15) is 21.5 Å². The van der Waals surface area contributed by atoms with Crippen LogP contribution in [-0.4, -0.2) is 45.5 Å². The minimum Gasteiger partial charge on any atom is -0.379 e. The molecule has 1 saturated heterocycles. The number of rotatable bonds is 7. The normalized spacial score (nSPS) is 14.8. The molecule has 1 fully saturated rings. The Bertz CT molecular complexity index is 1360. The van der Waals surface area contributed by atoms with E-state index < -0.39 is 26.8 Å². The zero-order valence-corrected chi connectivity index (χ0v) is 21.0. The van der Waals surface area contributed by atoms with Gasteiger partial charge in [-0.15, -0.1) is 0 Å². The Hall–Kier alpha value is -3.12. The number of benzene rings is 3. The molecule has 1 aliphatic rings. The summed E-state index contributed by atoms with van der Waals surface area (Å²) in [5, 5.41) is 2.16. The van der Waals surface area contributed by atoms with Gasteiger partial charge in [0.1, 0.15) is 0 Å². The minimum atomic E-state index is -4.73. The number of ether oxygens (including phenoxy) is 1. The topological polar surface area (TPSA) is 87.7 Å². The summed E-state index contributed by atoms with van der Waals surface area (Å²) < 4.78 is 72.0. The van der Waals surface area contributed by atoms with Gasteiger partial charge in [0.05, 0.1) is 28.7 Å². The molecule has 0 radical (unpaired) electrons. The van der Waals surface area contributed by atoms with E-state index >= 15 is 0 Å². The van der Waals surface area contributed by atoms with E-state index in [-0.39, 0.29) is 16.5 Å². The summed E-state index contributed by atoms with van der Waals surface area (Å²) in [6, 6.07) is 15.2. The summed E-state index contributed by atoms with van der Waals surface area (Å²) in [6.45, 7) is 3.89. The van der Waals surface area contributed by atoms with Gasteiger partial charge >= 0.3 is 6.18 Å². The monoisotopic (exact) mass is 553 g/mol. The fourth-order valence-corrected chi connectivity index (χ4v) is 4.99. The molecule has 37 heavy (non-hydrogen) atoms. The highest BCUT2D eigenvalue weighted by atomic mass is 35.5. The predicted octanol–water partition coefficient (Wildman–Crippen LogP) is 5.24. The highest BCUT2D eigenvalue weighted by Crippen LogP contribution is 2.36. The number of carbonyl (C=O) groups is 1. The van der Waals surface area contributed by atoms with Crippen molar-refractivity contribution in [1.82, 2.24) is 4.90 Å². The lowest BCUT2D eigenvalue weighted by Gasteiger charge is -2.26. The average Bonchev–Trinajstić information content (AvgIpc) is 2.86. The Balaban J connectivity index is 1.39. The second kappa shape index (κ2) is 11.1. The molecule has 0 atom stereocenters. The molecule has 1 aliphatic heterocycles. The molecule has 0 bridgehead atoms. The number of sulfonamides is 1. The van der Waals surface area contributed by atoms with Gasteiger partial charge in [-0.2, -0.15) is 13.2 Å². The third-order valence-electron chi connectivity index (χ3n) is 5.67. The van der Waals surface area contributed by atoms with Crippen LogP contribution in [0, 0.1) is 0 Å². The van der Waals surface area contributed by atoms with Crippen LogP contribution in [-0.2, 0) is 27.5 Å². The van der Waals surface area contributed by atoms with Crippen molar-refractivity contribution in [2.24, 2.45) is 0 Å². The van der Waals surface area contributed by atoms with E-state index in [9.17, 15) is 26.4 Å². The van der Waals surface area contributed by atoms with Crippen molar-refractivity contribution in [3.05, 3.63) is 88.4 Å². The molecular formula is C25H23ClF3N3O4S. The van der Waals surface area contributed by atoms with Gasteiger partial charge in [0.2, 0.25) is 0 Å². The third kappa shape index (κ3) is 7.01. The Morgan fingerprint density at radius 3 is 2.19 bits per heavy atom. The van der Waals surface area contributed by atoms with Crippen LogP contribution in [0.5, 0.6) is 0 Å². The fraction of sp³-hybridized carbons (Fsp3) is 0.240. The zero-order chi connectivity index (χ0) is 26.6. The van der Waals surface area contributed by atoms with Crippen molar-refractivity contribution >= 4 is 38.9 Å². The number of nitrogens with one attached hydrogen (secondary N) is 2. The molecule has 7 nitrogen and oxygen atoms in total. The third-order valence-corrected chi connectivity index (χ3v) is 7.40. The highest BCUT2D eigenvalue weighted by molar-refractivity contribution is 7.92. The van der Waals surface area contributed by atoms with Crippen LogP contribution >= 0.6 is 11.6 Å². The molecule has 12 heteroatoms. The van der Waals surface area contributed by atoms with Crippen molar-refractivity contribution in [3.63, 3.8) is 0 Å². The van der Waals surface area contributed by atoms with E-state index in [2.05, 4.69) is 14.9 Å². The molecule has 1 heterocycles. The quantitative estimate of drug-likeness (QED) is 0.418. The number of amides is 1. The number of halogens is 4. The maximum Gasteiger partial charge on any atom is 0.417 e. The molecule has 0 aliphatic carbocycles. The fourth-order valence-electron chi connectivity index (χ4n) is 3.72. The summed E-state index contributed by atoms with van der Waals surface area (Å²) in [5.41, 5.74) is 0.427. The summed E-state index contributed by atoms with van der Waals surface area (Å²) in [5.74, 6) is -0.368. The number of hydrogen-bond acceptors (Lipinski definition) is 5. The molecule has 0 spiro atoms. The number of anilines is 2. The van der Waals surface area contributed by atoms with Gasteiger partial charge < -0.3 is 10.1 Å². The second-order valence-electron chi connectivity index (χ2n) is 8.36. The molecule has 0 aromatic heterocycles. The summed E-state index contributed by atoms with van der Waals surface area (Å²) in [7, 11) is -4.19. The first kappa shape index (κ1) is 26.9.